The Bertz CT molecular complexity index is 967. The average Bonchev–Trinajstić information content (AvgIpc) is 3.38. The summed E-state index contributed by atoms with van der Waals surface area (Å²) in [4.78, 5) is 27.8. The molecule has 30 heavy (non-hydrogen) atoms. The van der Waals surface area contributed by atoms with Crippen LogP contribution in [0.15, 0.2) is 84.9 Å². The predicted molar refractivity (Wildman–Crippen MR) is 112 cm³/mol. The van der Waals surface area contributed by atoms with Gasteiger partial charge >= 0.3 is 12.2 Å². The van der Waals surface area contributed by atoms with Crippen LogP contribution in [0, 0.1) is 0 Å². The number of carbonyl (C=O) groups excluding carboxylic acids is 2. The third kappa shape index (κ3) is 3.37. The summed E-state index contributed by atoms with van der Waals surface area (Å²) in [7, 11) is 0. The minimum Gasteiger partial charge on any atom is -0.439 e. The zero-order valence-electron chi connectivity index (χ0n) is 16.2. The Hall–Kier alpha value is -3.80. The monoisotopic (exact) mass is 400 g/mol. The van der Waals surface area contributed by atoms with Crippen molar-refractivity contribution in [2.75, 3.05) is 22.9 Å². The van der Waals surface area contributed by atoms with Gasteiger partial charge in [0.1, 0.15) is 12.2 Å². The Morgan fingerprint density at radius 2 is 0.933 bits per heavy atom. The Morgan fingerprint density at radius 3 is 1.30 bits per heavy atom. The van der Waals surface area contributed by atoms with Crippen LogP contribution in [-0.4, -0.2) is 25.3 Å². The Balaban J connectivity index is 1.29. The summed E-state index contributed by atoms with van der Waals surface area (Å²) in [6.07, 6.45) is -1.37. The van der Waals surface area contributed by atoms with Gasteiger partial charge in [-0.15, -0.1) is 0 Å². The fourth-order valence-electron chi connectivity index (χ4n) is 3.84. The van der Waals surface area contributed by atoms with Crippen LogP contribution in [0.1, 0.15) is 23.3 Å². The van der Waals surface area contributed by atoms with Crippen molar-refractivity contribution in [3.05, 3.63) is 96.1 Å². The van der Waals surface area contributed by atoms with Gasteiger partial charge in [-0.3, -0.25) is 9.80 Å². The van der Waals surface area contributed by atoms with Gasteiger partial charge in [0.2, 0.25) is 0 Å². The number of nitrogens with zero attached hydrogens (tertiary/aromatic N) is 2. The van der Waals surface area contributed by atoms with E-state index in [1.165, 1.54) is 0 Å². The van der Waals surface area contributed by atoms with Crippen LogP contribution in [0.3, 0.4) is 0 Å². The topological polar surface area (TPSA) is 59.1 Å². The van der Waals surface area contributed by atoms with Crippen LogP contribution < -0.4 is 9.80 Å². The van der Waals surface area contributed by atoms with E-state index in [9.17, 15) is 9.59 Å². The van der Waals surface area contributed by atoms with Crippen molar-refractivity contribution >= 4 is 23.6 Å². The molecule has 2 unspecified atom stereocenters. The predicted octanol–water partition coefficient (Wildman–Crippen LogP) is 5.08. The number of rotatable bonds is 4. The number of ether oxygens (including phenoxy) is 2. The van der Waals surface area contributed by atoms with Gasteiger partial charge in [-0.25, -0.2) is 9.59 Å². The van der Waals surface area contributed by atoms with Crippen molar-refractivity contribution < 1.29 is 19.1 Å². The van der Waals surface area contributed by atoms with Crippen molar-refractivity contribution in [2.45, 2.75) is 12.2 Å². The van der Waals surface area contributed by atoms with E-state index >= 15 is 0 Å². The Labute approximate surface area is 174 Å². The lowest BCUT2D eigenvalue weighted by molar-refractivity contribution is 0.140. The van der Waals surface area contributed by atoms with E-state index in [-0.39, 0.29) is 24.4 Å². The number of anilines is 2. The molecule has 0 radical (unpaired) electrons. The van der Waals surface area contributed by atoms with Crippen molar-refractivity contribution in [1.29, 1.82) is 0 Å². The minimum absolute atomic E-state index is 0.335. The number of benzene rings is 3. The molecule has 0 aromatic heterocycles. The lowest BCUT2D eigenvalue weighted by Crippen LogP contribution is -2.23. The van der Waals surface area contributed by atoms with Crippen LogP contribution >= 0.6 is 0 Å². The van der Waals surface area contributed by atoms with Crippen molar-refractivity contribution in [1.82, 2.24) is 0 Å². The number of hydrogen-bond acceptors (Lipinski definition) is 4. The first-order valence-corrected chi connectivity index (χ1v) is 9.85. The summed E-state index contributed by atoms with van der Waals surface area (Å²) in [5.41, 5.74) is 3.46. The molecule has 5 rings (SSSR count). The molecule has 2 atom stereocenters. The maximum absolute atomic E-state index is 12.3. The summed E-state index contributed by atoms with van der Waals surface area (Å²) in [5, 5.41) is 0. The number of hydrogen-bond donors (Lipinski definition) is 0. The fraction of sp³-hybridized carbons (Fsp3) is 0.167. The number of amides is 2. The van der Waals surface area contributed by atoms with Gasteiger partial charge in [0.25, 0.3) is 0 Å². The summed E-state index contributed by atoms with van der Waals surface area (Å²) in [6, 6.07) is 26.7. The maximum atomic E-state index is 12.3. The first-order valence-electron chi connectivity index (χ1n) is 9.85. The van der Waals surface area contributed by atoms with Gasteiger partial charge in [0, 0.05) is 11.4 Å². The molecule has 6 heteroatoms. The van der Waals surface area contributed by atoms with E-state index in [0.29, 0.717) is 13.1 Å². The minimum atomic E-state index is -0.349. The van der Waals surface area contributed by atoms with Crippen molar-refractivity contribution in [3.8, 4) is 0 Å². The highest BCUT2D eigenvalue weighted by atomic mass is 16.6. The van der Waals surface area contributed by atoms with Crippen LogP contribution in [0.2, 0.25) is 0 Å². The van der Waals surface area contributed by atoms with Gasteiger partial charge in [0.15, 0.2) is 0 Å². The molecule has 2 saturated heterocycles. The summed E-state index contributed by atoms with van der Waals surface area (Å²) in [5.74, 6) is 0. The molecule has 2 aliphatic rings. The highest BCUT2D eigenvalue weighted by Gasteiger charge is 2.35. The average molecular weight is 400 g/mol. The third-order valence-electron chi connectivity index (χ3n) is 5.44. The molecular formula is C24H20N2O4. The van der Waals surface area contributed by atoms with E-state index in [1.807, 2.05) is 84.9 Å². The third-order valence-corrected chi connectivity index (χ3v) is 5.44. The van der Waals surface area contributed by atoms with Crippen LogP contribution in [0.25, 0.3) is 0 Å². The molecule has 0 bridgehead atoms. The van der Waals surface area contributed by atoms with Gasteiger partial charge < -0.3 is 9.47 Å². The lowest BCUT2D eigenvalue weighted by atomic mass is 10.0. The number of carbonyl (C=O) groups is 2. The quantitative estimate of drug-likeness (QED) is 0.613. The number of para-hydroxylation sites is 2. The van der Waals surface area contributed by atoms with Crippen molar-refractivity contribution in [2.24, 2.45) is 0 Å². The smallest absolute Gasteiger partial charge is 0.415 e. The first-order chi connectivity index (χ1) is 14.7. The molecule has 2 fully saturated rings. The molecule has 3 aromatic carbocycles. The number of cyclic esters (lactones) is 2. The second-order valence-corrected chi connectivity index (χ2v) is 7.30. The maximum Gasteiger partial charge on any atom is 0.415 e. The standard InChI is InChI=1S/C24H20N2O4/c27-23-25(19-7-3-1-4-8-19)15-21(29-23)17-11-13-18(14-12-17)22-16-26(24(28)30-22)20-9-5-2-6-10-20/h1-14,21-22H,15-16H2. The zero-order valence-corrected chi connectivity index (χ0v) is 16.2. The Morgan fingerprint density at radius 1 is 0.567 bits per heavy atom. The van der Waals surface area contributed by atoms with Crippen LogP contribution in [-0.2, 0) is 9.47 Å². The van der Waals surface area contributed by atoms with Gasteiger partial charge in [-0.1, -0.05) is 60.7 Å². The molecular weight excluding hydrogens is 380 g/mol. The van der Waals surface area contributed by atoms with E-state index in [1.54, 1.807) is 9.80 Å². The Kier molecular flexibility index (Phi) is 4.59. The van der Waals surface area contributed by atoms with Gasteiger partial charge in [0.05, 0.1) is 13.1 Å². The van der Waals surface area contributed by atoms with Gasteiger partial charge in [-0.05, 0) is 35.4 Å². The summed E-state index contributed by atoms with van der Waals surface area (Å²) >= 11 is 0. The van der Waals surface area contributed by atoms with Crippen LogP contribution in [0.5, 0.6) is 0 Å². The second-order valence-electron chi connectivity index (χ2n) is 7.30. The molecule has 2 aliphatic heterocycles. The molecule has 2 amide bonds. The molecule has 0 aliphatic carbocycles. The lowest BCUT2D eigenvalue weighted by Gasteiger charge is -2.14. The SMILES string of the molecule is O=C1OC(c2ccc(C3CN(c4ccccc4)C(=O)O3)cc2)CN1c1ccccc1. The molecule has 3 aromatic rings. The summed E-state index contributed by atoms with van der Waals surface area (Å²) in [6.45, 7) is 0.921. The van der Waals surface area contributed by atoms with Crippen molar-refractivity contribution in [3.63, 3.8) is 0 Å². The zero-order chi connectivity index (χ0) is 20.5. The fourth-order valence-corrected chi connectivity index (χ4v) is 3.84. The molecule has 0 saturated carbocycles. The normalized spacial score (nSPS) is 20.9. The second kappa shape index (κ2) is 7.55. The van der Waals surface area contributed by atoms with E-state index in [4.69, 9.17) is 9.47 Å². The largest absolute Gasteiger partial charge is 0.439 e. The van der Waals surface area contributed by atoms with E-state index in [0.717, 1.165) is 22.5 Å². The van der Waals surface area contributed by atoms with Gasteiger partial charge in [-0.2, -0.15) is 0 Å². The highest BCUT2D eigenvalue weighted by molar-refractivity contribution is 5.90. The van der Waals surface area contributed by atoms with E-state index < -0.39 is 0 Å². The molecule has 150 valence electrons. The molecule has 2 heterocycles. The van der Waals surface area contributed by atoms with E-state index in [2.05, 4.69) is 0 Å². The summed E-state index contributed by atoms with van der Waals surface area (Å²) < 4.78 is 11.1. The molecule has 0 spiro atoms. The molecule has 6 nitrogen and oxygen atoms in total. The first kappa shape index (κ1) is 18.2. The molecule has 0 N–H and O–H groups in total. The highest BCUT2D eigenvalue weighted by Crippen LogP contribution is 2.33. The van der Waals surface area contributed by atoms with Crippen LogP contribution in [0.4, 0.5) is 21.0 Å².